The number of hydrogen-bond donors (Lipinski definition) is 2. The highest BCUT2D eigenvalue weighted by Crippen LogP contribution is 2.14. The molecule has 0 amide bonds. The van der Waals surface area contributed by atoms with E-state index in [-0.39, 0.29) is 5.92 Å². The van der Waals surface area contributed by atoms with Crippen molar-refractivity contribution in [3.63, 3.8) is 0 Å². The summed E-state index contributed by atoms with van der Waals surface area (Å²) in [6.07, 6.45) is 1.04. The van der Waals surface area contributed by atoms with Gasteiger partial charge in [0.1, 0.15) is 0 Å². The largest absolute Gasteiger partial charge is 0.389 e. The highest BCUT2D eigenvalue weighted by molar-refractivity contribution is 7.07. The molecule has 86 valence electrons. The van der Waals surface area contributed by atoms with E-state index in [1.54, 1.807) is 11.3 Å². The van der Waals surface area contributed by atoms with Crippen LogP contribution in [0.5, 0.6) is 0 Å². The second-order valence-corrected chi connectivity index (χ2v) is 5.35. The van der Waals surface area contributed by atoms with Gasteiger partial charge in [0.15, 0.2) is 0 Å². The average molecular weight is 227 g/mol. The van der Waals surface area contributed by atoms with Gasteiger partial charge in [-0.1, -0.05) is 13.8 Å². The maximum Gasteiger partial charge on any atom is 0.0766 e. The zero-order valence-electron chi connectivity index (χ0n) is 9.79. The van der Waals surface area contributed by atoms with Gasteiger partial charge in [0, 0.05) is 6.54 Å². The summed E-state index contributed by atoms with van der Waals surface area (Å²) < 4.78 is 0. The molecule has 0 fully saturated rings. The van der Waals surface area contributed by atoms with Crippen LogP contribution in [-0.2, 0) is 6.42 Å². The third-order valence-electron chi connectivity index (χ3n) is 2.90. The van der Waals surface area contributed by atoms with E-state index in [9.17, 15) is 5.11 Å². The molecule has 0 aliphatic heterocycles. The lowest BCUT2D eigenvalue weighted by Crippen LogP contribution is -2.42. The van der Waals surface area contributed by atoms with Crippen LogP contribution in [0.25, 0.3) is 0 Å². The van der Waals surface area contributed by atoms with Crippen LogP contribution >= 0.6 is 11.3 Å². The summed E-state index contributed by atoms with van der Waals surface area (Å²) in [5.41, 5.74) is 0.769. The molecule has 0 saturated heterocycles. The molecule has 0 saturated carbocycles. The summed E-state index contributed by atoms with van der Waals surface area (Å²) in [6.45, 7) is 7.56. The van der Waals surface area contributed by atoms with Crippen molar-refractivity contribution in [3.05, 3.63) is 22.4 Å². The molecule has 15 heavy (non-hydrogen) atoms. The second-order valence-electron chi connectivity index (χ2n) is 4.57. The van der Waals surface area contributed by atoms with Crippen molar-refractivity contribution < 1.29 is 5.11 Å². The zero-order valence-corrected chi connectivity index (χ0v) is 10.6. The molecule has 2 nitrogen and oxygen atoms in total. The van der Waals surface area contributed by atoms with Crippen LogP contribution in [0.3, 0.4) is 0 Å². The highest BCUT2D eigenvalue weighted by atomic mass is 32.1. The van der Waals surface area contributed by atoms with Crippen LogP contribution in [0, 0.1) is 5.92 Å². The molecule has 1 unspecified atom stereocenters. The third-order valence-corrected chi connectivity index (χ3v) is 3.63. The average Bonchev–Trinajstić information content (AvgIpc) is 2.64. The Morgan fingerprint density at radius 3 is 2.80 bits per heavy atom. The zero-order chi connectivity index (χ0) is 11.3. The maximum atomic E-state index is 9.99. The van der Waals surface area contributed by atoms with Crippen molar-refractivity contribution in [3.8, 4) is 0 Å². The van der Waals surface area contributed by atoms with Crippen molar-refractivity contribution in [2.24, 2.45) is 5.92 Å². The Labute approximate surface area is 96.3 Å². The highest BCUT2D eigenvalue weighted by Gasteiger charge is 2.23. The van der Waals surface area contributed by atoms with E-state index in [4.69, 9.17) is 0 Å². The topological polar surface area (TPSA) is 32.3 Å². The molecule has 0 spiro atoms. The second kappa shape index (κ2) is 5.64. The number of rotatable bonds is 6. The van der Waals surface area contributed by atoms with E-state index in [1.807, 2.05) is 20.8 Å². The van der Waals surface area contributed by atoms with Crippen molar-refractivity contribution >= 4 is 11.3 Å². The molecular weight excluding hydrogens is 206 g/mol. The Balaban J connectivity index is 2.17. The Bertz CT molecular complexity index is 267. The smallest absolute Gasteiger partial charge is 0.0766 e. The number of thiophene rings is 1. The standard InChI is InChI=1S/C12H21NOS/c1-10(2)12(3,14)9-13-6-4-11-5-7-15-8-11/h5,7-8,10,13-14H,4,6,9H2,1-3H3. The van der Waals surface area contributed by atoms with E-state index in [2.05, 4.69) is 22.1 Å². The van der Waals surface area contributed by atoms with Gasteiger partial charge < -0.3 is 10.4 Å². The van der Waals surface area contributed by atoms with Crippen molar-refractivity contribution in [1.29, 1.82) is 0 Å². The summed E-state index contributed by atoms with van der Waals surface area (Å²) in [5, 5.41) is 17.6. The summed E-state index contributed by atoms with van der Waals surface area (Å²) in [5.74, 6) is 0.283. The summed E-state index contributed by atoms with van der Waals surface area (Å²) in [6, 6.07) is 2.15. The molecule has 1 rings (SSSR count). The maximum absolute atomic E-state index is 9.99. The van der Waals surface area contributed by atoms with Gasteiger partial charge in [-0.3, -0.25) is 0 Å². The minimum Gasteiger partial charge on any atom is -0.389 e. The van der Waals surface area contributed by atoms with E-state index >= 15 is 0 Å². The summed E-state index contributed by atoms with van der Waals surface area (Å²) >= 11 is 1.73. The Morgan fingerprint density at radius 1 is 1.53 bits per heavy atom. The first-order valence-electron chi connectivity index (χ1n) is 5.46. The van der Waals surface area contributed by atoms with Crippen LogP contribution < -0.4 is 5.32 Å². The van der Waals surface area contributed by atoms with Gasteiger partial charge in [0.2, 0.25) is 0 Å². The fourth-order valence-corrected chi connectivity index (χ4v) is 1.92. The SMILES string of the molecule is CC(C)C(C)(O)CNCCc1ccsc1. The fraction of sp³-hybridized carbons (Fsp3) is 0.667. The van der Waals surface area contributed by atoms with Crippen LogP contribution in [-0.4, -0.2) is 23.8 Å². The Kier molecular flexibility index (Phi) is 4.77. The number of hydrogen-bond acceptors (Lipinski definition) is 3. The molecule has 0 aliphatic rings. The predicted octanol–water partition coefficient (Wildman–Crippen LogP) is 2.29. The minimum atomic E-state index is -0.603. The van der Waals surface area contributed by atoms with Gasteiger partial charge in [-0.15, -0.1) is 0 Å². The molecular formula is C12H21NOS. The summed E-state index contributed by atoms with van der Waals surface area (Å²) in [7, 11) is 0. The van der Waals surface area contributed by atoms with Crippen LogP contribution in [0.1, 0.15) is 26.3 Å². The van der Waals surface area contributed by atoms with E-state index in [0.29, 0.717) is 6.54 Å². The van der Waals surface area contributed by atoms with E-state index in [0.717, 1.165) is 13.0 Å². The predicted molar refractivity (Wildman–Crippen MR) is 66.4 cm³/mol. The molecule has 0 bridgehead atoms. The lowest BCUT2D eigenvalue weighted by atomic mass is 9.92. The quantitative estimate of drug-likeness (QED) is 0.731. The molecule has 1 aromatic rings. The minimum absolute atomic E-state index is 0.283. The number of nitrogens with one attached hydrogen (secondary N) is 1. The molecule has 0 aromatic carbocycles. The van der Waals surface area contributed by atoms with Gasteiger partial charge in [-0.2, -0.15) is 11.3 Å². The van der Waals surface area contributed by atoms with Crippen LogP contribution in [0.15, 0.2) is 16.8 Å². The van der Waals surface area contributed by atoms with Crippen molar-refractivity contribution in [1.82, 2.24) is 5.32 Å². The summed E-state index contributed by atoms with van der Waals surface area (Å²) in [4.78, 5) is 0. The molecule has 0 radical (unpaired) electrons. The first-order valence-corrected chi connectivity index (χ1v) is 6.41. The van der Waals surface area contributed by atoms with Crippen molar-refractivity contribution in [2.45, 2.75) is 32.8 Å². The Hall–Kier alpha value is -0.380. The normalized spacial score (nSPS) is 15.5. The lowest BCUT2D eigenvalue weighted by Gasteiger charge is -2.27. The van der Waals surface area contributed by atoms with E-state index < -0.39 is 5.60 Å². The van der Waals surface area contributed by atoms with Gasteiger partial charge in [0.25, 0.3) is 0 Å². The molecule has 1 aromatic heterocycles. The molecule has 1 atom stereocenters. The van der Waals surface area contributed by atoms with Gasteiger partial charge in [-0.25, -0.2) is 0 Å². The van der Waals surface area contributed by atoms with Crippen LogP contribution in [0.2, 0.25) is 0 Å². The first-order chi connectivity index (χ1) is 7.02. The molecule has 3 heteroatoms. The van der Waals surface area contributed by atoms with Crippen molar-refractivity contribution in [2.75, 3.05) is 13.1 Å². The van der Waals surface area contributed by atoms with E-state index in [1.165, 1.54) is 5.56 Å². The van der Waals surface area contributed by atoms with Gasteiger partial charge in [0.05, 0.1) is 5.60 Å². The number of aliphatic hydroxyl groups is 1. The fourth-order valence-electron chi connectivity index (χ4n) is 1.21. The molecule has 0 aliphatic carbocycles. The first kappa shape index (κ1) is 12.7. The van der Waals surface area contributed by atoms with Gasteiger partial charge in [-0.05, 0) is 48.2 Å². The Morgan fingerprint density at radius 2 is 2.27 bits per heavy atom. The molecule has 2 N–H and O–H groups in total. The van der Waals surface area contributed by atoms with Crippen LogP contribution in [0.4, 0.5) is 0 Å². The third kappa shape index (κ3) is 4.33. The van der Waals surface area contributed by atoms with Gasteiger partial charge >= 0.3 is 0 Å². The lowest BCUT2D eigenvalue weighted by molar-refractivity contribution is 0.0145. The monoisotopic (exact) mass is 227 g/mol. The molecule has 1 heterocycles.